The molecule has 1 aromatic heterocycles. The molecule has 1 aromatic carbocycles. The standard InChI is InChI=1S/C15H20N4O/c20-15(13-16-10-12-19-11-4-8-18-19)17-9-7-14-5-2-1-3-6-14/h1-6,8,11,16H,7,9-10,12-13H2,(H,17,20). The Morgan fingerprint density at radius 3 is 2.75 bits per heavy atom. The van der Waals surface area contributed by atoms with Crippen molar-refractivity contribution in [1.29, 1.82) is 0 Å². The predicted octanol–water partition coefficient (Wildman–Crippen LogP) is 0.832. The molecule has 5 nitrogen and oxygen atoms in total. The van der Waals surface area contributed by atoms with E-state index < -0.39 is 0 Å². The summed E-state index contributed by atoms with van der Waals surface area (Å²) in [5, 5.41) is 10.1. The van der Waals surface area contributed by atoms with Crippen LogP contribution in [0.25, 0.3) is 0 Å². The molecule has 0 radical (unpaired) electrons. The zero-order chi connectivity index (χ0) is 14.0. The van der Waals surface area contributed by atoms with Crippen molar-refractivity contribution < 1.29 is 4.79 Å². The summed E-state index contributed by atoms with van der Waals surface area (Å²) in [6, 6.07) is 12.0. The average Bonchev–Trinajstić information content (AvgIpc) is 2.98. The Bertz CT molecular complexity index is 496. The minimum absolute atomic E-state index is 0.0291. The number of nitrogens with zero attached hydrogens (tertiary/aromatic N) is 2. The third kappa shape index (κ3) is 5.24. The first-order valence-electron chi connectivity index (χ1n) is 6.83. The topological polar surface area (TPSA) is 59.0 Å². The van der Waals surface area contributed by atoms with Crippen LogP contribution in [0.2, 0.25) is 0 Å². The lowest BCUT2D eigenvalue weighted by Crippen LogP contribution is -2.36. The Labute approximate surface area is 119 Å². The molecular weight excluding hydrogens is 252 g/mol. The van der Waals surface area contributed by atoms with Gasteiger partial charge in [-0.25, -0.2) is 0 Å². The van der Waals surface area contributed by atoms with E-state index in [1.807, 2.05) is 35.1 Å². The van der Waals surface area contributed by atoms with Gasteiger partial charge in [-0.05, 0) is 18.1 Å². The first-order valence-corrected chi connectivity index (χ1v) is 6.83. The fourth-order valence-corrected chi connectivity index (χ4v) is 1.88. The van der Waals surface area contributed by atoms with Gasteiger partial charge in [0.2, 0.25) is 5.91 Å². The van der Waals surface area contributed by atoms with Gasteiger partial charge in [0.25, 0.3) is 0 Å². The second-order valence-corrected chi connectivity index (χ2v) is 4.53. The van der Waals surface area contributed by atoms with E-state index in [1.165, 1.54) is 5.56 Å². The summed E-state index contributed by atoms with van der Waals surface area (Å²) in [6.45, 7) is 2.51. The second kappa shape index (κ2) is 8.12. The molecular formula is C15H20N4O. The van der Waals surface area contributed by atoms with Gasteiger partial charge < -0.3 is 10.6 Å². The molecule has 0 aliphatic heterocycles. The van der Waals surface area contributed by atoms with Gasteiger partial charge in [-0.3, -0.25) is 9.48 Å². The molecule has 2 aromatic rings. The van der Waals surface area contributed by atoms with Crippen LogP contribution < -0.4 is 10.6 Å². The number of nitrogens with one attached hydrogen (secondary N) is 2. The van der Waals surface area contributed by atoms with Crippen LogP contribution in [0.1, 0.15) is 5.56 Å². The maximum absolute atomic E-state index is 11.6. The summed E-state index contributed by atoms with van der Waals surface area (Å²) >= 11 is 0. The van der Waals surface area contributed by atoms with Crippen LogP contribution in [-0.4, -0.2) is 35.3 Å². The number of carbonyl (C=O) groups is 1. The summed E-state index contributed by atoms with van der Waals surface area (Å²) in [7, 11) is 0. The van der Waals surface area contributed by atoms with Gasteiger partial charge in [0, 0.05) is 25.5 Å². The van der Waals surface area contributed by atoms with E-state index >= 15 is 0 Å². The number of rotatable bonds is 8. The van der Waals surface area contributed by atoms with Crippen LogP contribution in [0.15, 0.2) is 48.8 Å². The minimum Gasteiger partial charge on any atom is -0.355 e. The van der Waals surface area contributed by atoms with E-state index in [4.69, 9.17) is 0 Å². The van der Waals surface area contributed by atoms with Crippen molar-refractivity contribution in [2.24, 2.45) is 0 Å². The summed E-state index contributed by atoms with van der Waals surface area (Å²) in [5.74, 6) is 0.0291. The van der Waals surface area contributed by atoms with Gasteiger partial charge in [0.15, 0.2) is 0 Å². The number of aromatic nitrogens is 2. The van der Waals surface area contributed by atoms with E-state index in [1.54, 1.807) is 6.20 Å². The van der Waals surface area contributed by atoms with Crippen LogP contribution in [0, 0.1) is 0 Å². The zero-order valence-corrected chi connectivity index (χ0v) is 11.5. The van der Waals surface area contributed by atoms with Crippen LogP contribution in [0.4, 0.5) is 0 Å². The van der Waals surface area contributed by atoms with Crippen molar-refractivity contribution >= 4 is 5.91 Å². The van der Waals surface area contributed by atoms with Gasteiger partial charge in [0.1, 0.15) is 0 Å². The molecule has 0 fully saturated rings. The minimum atomic E-state index is 0.0291. The quantitative estimate of drug-likeness (QED) is 0.700. The first kappa shape index (κ1) is 14.3. The normalized spacial score (nSPS) is 10.4. The summed E-state index contributed by atoms with van der Waals surface area (Å²) < 4.78 is 1.83. The van der Waals surface area contributed by atoms with Gasteiger partial charge >= 0.3 is 0 Å². The Morgan fingerprint density at radius 2 is 2.00 bits per heavy atom. The van der Waals surface area contributed by atoms with Crippen molar-refractivity contribution in [3.05, 3.63) is 54.4 Å². The Balaban J connectivity index is 1.52. The maximum Gasteiger partial charge on any atom is 0.233 e. The molecule has 0 saturated heterocycles. The molecule has 0 saturated carbocycles. The number of hydrogen-bond donors (Lipinski definition) is 2. The smallest absolute Gasteiger partial charge is 0.233 e. The van der Waals surface area contributed by atoms with Gasteiger partial charge in [-0.15, -0.1) is 0 Å². The van der Waals surface area contributed by atoms with Crippen molar-refractivity contribution in [1.82, 2.24) is 20.4 Å². The Hall–Kier alpha value is -2.14. The van der Waals surface area contributed by atoms with Gasteiger partial charge in [0.05, 0.1) is 13.1 Å². The molecule has 20 heavy (non-hydrogen) atoms. The lowest BCUT2D eigenvalue weighted by molar-refractivity contribution is -0.120. The molecule has 1 heterocycles. The third-order valence-corrected chi connectivity index (χ3v) is 2.94. The molecule has 2 N–H and O–H groups in total. The third-order valence-electron chi connectivity index (χ3n) is 2.94. The molecule has 0 spiro atoms. The number of benzene rings is 1. The fraction of sp³-hybridized carbons (Fsp3) is 0.333. The molecule has 0 atom stereocenters. The Kier molecular flexibility index (Phi) is 5.79. The van der Waals surface area contributed by atoms with Gasteiger partial charge in [-0.2, -0.15) is 5.10 Å². The SMILES string of the molecule is O=C(CNCCn1cccn1)NCCc1ccccc1. The highest BCUT2D eigenvalue weighted by atomic mass is 16.1. The van der Waals surface area contributed by atoms with Crippen LogP contribution in [0.5, 0.6) is 0 Å². The van der Waals surface area contributed by atoms with Crippen molar-refractivity contribution in [3.8, 4) is 0 Å². The first-order chi connectivity index (χ1) is 9.84. The molecule has 0 unspecified atom stereocenters. The molecule has 0 bridgehead atoms. The molecule has 0 aliphatic carbocycles. The van der Waals surface area contributed by atoms with E-state index in [2.05, 4.69) is 27.9 Å². The lowest BCUT2D eigenvalue weighted by Gasteiger charge is -2.07. The average molecular weight is 272 g/mol. The van der Waals surface area contributed by atoms with Crippen molar-refractivity contribution in [2.45, 2.75) is 13.0 Å². The van der Waals surface area contributed by atoms with E-state index in [0.717, 1.165) is 19.5 Å². The van der Waals surface area contributed by atoms with Crippen molar-refractivity contribution in [2.75, 3.05) is 19.6 Å². The summed E-state index contributed by atoms with van der Waals surface area (Å²) in [6.07, 6.45) is 4.51. The molecule has 1 amide bonds. The molecule has 2 rings (SSSR count). The maximum atomic E-state index is 11.6. The van der Waals surface area contributed by atoms with E-state index in [9.17, 15) is 4.79 Å². The predicted molar refractivity (Wildman–Crippen MR) is 78.3 cm³/mol. The zero-order valence-electron chi connectivity index (χ0n) is 11.5. The second-order valence-electron chi connectivity index (χ2n) is 4.53. The summed E-state index contributed by atoms with van der Waals surface area (Å²) in [5.41, 5.74) is 1.24. The highest BCUT2D eigenvalue weighted by Crippen LogP contribution is 1.97. The number of carbonyl (C=O) groups excluding carboxylic acids is 1. The van der Waals surface area contributed by atoms with Crippen LogP contribution in [-0.2, 0) is 17.8 Å². The lowest BCUT2D eigenvalue weighted by atomic mass is 10.1. The highest BCUT2D eigenvalue weighted by molar-refractivity contribution is 5.77. The highest BCUT2D eigenvalue weighted by Gasteiger charge is 2.00. The molecule has 5 heteroatoms. The number of amides is 1. The monoisotopic (exact) mass is 272 g/mol. The summed E-state index contributed by atoms with van der Waals surface area (Å²) in [4.78, 5) is 11.6. The van der Waals surface area contributed by atoms with Crippen molar-refractivity contribution in [3.63, 3.8) is 0 Å². The fourth-order valence-electron chi connectivity index (χ4n) is 1.88. The van der Waals surface area contributed by atoms with E-state index in [0.29, 0.717) is 13.1 Å². The van der Waals surface area contributed by atoms with Crippen LogP contribution >= 0.6 is 0 Å². The Morgan fingerprint density at radius 1 is 1.15 bits per heavy atom. The largest absolute Gasteiger partial charge is 0.355 e. The molecule has 0 aliphatic rings. The van der Waals surface area contributed by atoms with Crippen LogP contribution in [0.3, 0.4) is 0 Å². The van der Waals surface area contributed by atoms with Gasteiger partial charge in [-0.1, -0.05) is 30.3 Å². The number of hydrogen-bond acceptors (Lipinski definition) is 3. The van der Waals surface area contributed by atoms with E-state index in [-0.39, 0.29) is 5.91 Å². The molecule has 106 valence electrons.